The molecule has 1 fully saturated rings. The summed E-state index contributed by atoms with van der Waals surface area (Å²) in [6, 6.07) is 11.8. The Kier molecular flexibility index (Phi) is 8.30. The summed E-state index contributed by atoms with van der Waals surface area (Å²) < 4.78 is 5.72. The van der Waals surface area contributed by atoms with Gasteiger partial charge in [0.25, 0.3) is 0 Å². The first-order chi connectivity index (χ1) is 14.2. The second-order valence-electron chi connectivity index (χ2n) is 7.81. The van der Waals surface area contributed by atoms with Gasteiger partial charge in [-0.25, -0.2) is 0 Å². The van der Waals surface area contributed by atoms with Crippen molar-refractivity contribution in [2.24, 2.45) is 11.8 Å². The van der Waals surface area contributed by atoms with Gasteiger partial charge >= 0.3 is 0 Å². The van der Waals surface area contributed by atoms with Crippen molar-refractivity contribution in [1.29, 1.82) is 0 Å². The van der Waals surface area contributed by atoms with Crippen molar-refractivity contribution in [1.82, 2.24) is 4.98 Å². The number of nitrogens with zero attached hydrogens (tertiary/aromatic N) is 1. The molecule has 1 aromatic carbocycles. The van der Waals surface area contributed by atoms with E-state index in [2.05, 4.69) is 11.9 Å². The van der Waals surface area contributed by atoms with E-state index in [1.165, 1.54) is 12.8 Å². The lowest BCUT2D eigenvalue weighted by Crippen LogP contribution is -2.21. The highest BCUT2D eigenvalue weighted by atomic mass is 35.5. The standard InChI is InChI=1S/C25H30ClNO2/c1-2-3-4-17-29-23-13-14-24(27-18-23)20-9-11-22(12-10-20)25(28)21-7-5-19(6-8-21)15-16-26/h9-16,18-19,21H,2-8,17H2,1H3/b16-15+/t19-,21-. The lowest BCUT2D eigenvalue weighted by atomic mass is 9.78. The molecule has 0 unspecified atom stereocenters. The molecular formula is C25H30ClNO2. The smallest absolute Gasteiger partial charge is 0.165 e. The van der Waals surface area contributed by atoms with Gasteiger partial charge in [-0.05, 0) is 50.2 Å². The predicted molar refractivity (Wildman–Crippen MR) is 119 cm³/mol. The molecule has 0 bridgehead atoms. The Labute approximate surface area is 179 Å². The monoisotopic (exact) mass is 411 g/mol. The number of aromatic nitrogens is 1. The first-order valence-electron chi connectivity index (χ1n) is 10.7. The van der Waals surface area contributed by atoms with E-state index in [9.17, 15) is 4.79 Å². The summed E-state index contributed by atoms with van der Waals surface area (Å²) in [7, 11) is 0. The highest BCUT2D eigenvalue weighted by Gasteiger charge is 2.25. The minimum atomic E-state index is 0.128. The van der Waals surface area contributed by atoms with Gasteiger partial charge in [0.15, 0.2) is 5.78 Å². The summed E-state index contributed by atoms with van der Waals surface area (Å²) in [4.78, 5) is 17.3. The molecule has 4 heteroatoms. The van der Waals surface area contributed by atoms with Crippen LogP contribution >= 0.6 is 11.6 Å². The first kappa shape index (κ1) is 21.6. The summed E-state index contributed by atoms with van der Waals surface area (Å²) in [6.45, 7) is 2.91. The number of allylic oxidation sites excluding steroid dienone is 1. The number of pyridine rings is 1. The molecule has 29 heavy (non-hydrogen) atoms. The normalized spacial score (nSPS) is 19.4. The van der Waals surface area contributed by atoms with Crippen molar-refractivity contribution in [3.8, 4) is 17.0 Å². The molecular weight excluding hydrogens is 382 g/mol. The van der Waals surface area contributed by atoms with Gasteiger partial charge in [0.05, 0.1) is 18.5 Å². The largest absolute Gasteiger partial charge is 0.492 e. The van der Waals surface area contributed by atoms with Crippen molar-refractivity contribution in [3.05, 3.63) is 59.8 Å². The number of halogens is 1. The van der Waals surface area contributed by atoms with Gasteiger partial charge in [-0.2, -0.15) is 0 Å². The van der Waals surface area contributed by atoms with Crippen LogP contribution in [0.5, 0.6) is 5.75 Å². The Bertz CT molecular complexity index is 791. The number of unbranched alkanes of at least 4 members (excludes halogenated alkanes) is 2. The van der Waals surface area contributed by atoms with Crippen LogP contribution in [0.2, 0.25) is 0 Å². The number of Topliss-reactive ketones (excluding diaryl/α,β-unsaturated/α-hetero) is 1. The Balaban J connectivity index is 1.56. The van der Waals surface area contributed by atoms with E-state index in [4.69, 9.17) is 16.3 Å². The van der Waals surface area contributed by atoms with Crippen LogP contribution in [0.3, 0.4) is 0 Å². The van der Waals surface area contributed by atoms with E-state index in [1.807, 2.05) is 42.5 Å². The summed E-state index contributed by atoms with van der Waals surface area (Å²) >= 11 is 5.68. The SMILES string of the molecule is CCCCCOc1ccc(-c2ccc(C(=O)[C@H]3CC[C@H](/C=C/Cl)CC3)cc2)nc1. The molecule has 1 aliphatic rings. The van der Waals surface area contributed by atoms with Crippen LogP contribution in [-0.2, 0) is 0 Å². The molecule has 0 radical (unpaired) electrons. The average molecular weight is 412 g/mol. The molecule has 154 valence electrons. The van der Waals surface area contributed by atoms with Crippen molar-refractivity contribution in [2.45, 2.75) is 51.9 Å². The van der Waals surface area contributed by atoms with Crippen LogP contribution in [0.15, 0.2) is 54.2 Å². The van der Waals surface area contributed by atoms with E-state index >= 15 is 0 Å². The summed E-state index contributed by atoms with van der Waals surface area (Å²) in [5.41, 5.74) is 4.29. The van der Waals surface area contributed by atoms with Crippen molar-refractivity contribution in [3.63, 3.8) is 0 Å². The Morgan fingerprint density at radius 1 is 1.10 bits per heavy atom. The zero-order valence-electron chi connectivity index (χ0n) is 17.1. The highest BCUT2D eigenvalue weighted by molar-refractivity contribution is 6.25. The molecule has 0 spiro atoms. The fourth-order valence-corrected chi connectivity index (χ4v) is 4.10. The summed E-state index contributed by atoms with van der Waals surface area (Å²) in [5.74, 6) is 1.71. The third kappa shape index (κ3) is 6.17. The molecule has 1 heterocycles. The molecule has 1 aliphatic carbocycles. The van der Waals surface area contributed by atoms with Crippen LogP contribution in [0.25, 0.3) is 11.3 Å². The van der Waals surface area contributed by atoms with E-state index in [1.54, 1.807) is 11.7 Å². The number of rotatable bonds is 9. The molecule has 0 atom stereocenters. The maximum Gasteiger partial charge on any atom is 0.165 e. The van der Waals surface area contributed by atoms with Gasteiger partial charge in [0, 0.05) is 22.6 Å². The molecule has 0 saturated heterocycles. The van der Waals surface area contributed by atoms with Crippen LogP contribution < -0.4 is 4.74 Å². The van der Waals surface area contributed by atoms with E-state index in [-0.39, 0.29) is 11.7 Å². The third-order valence-corrected chi connectivity index (χ3v) is 5.85. The molecule has 1 aromatic heterocycles. The fraction of sp³-hybridized carbons (Fsp3) is 0.440. The predicted octanol–water partition coefficient (Wildman–Crippen LogP) is 7.06. The molecule has 3 nitrogen and oxygen atoms in total. The lowest BCUT2D eigenvalue weighted by Gasteiger charge is -2.25. The number of ketones is 1. The minimum absolute atomic E-state index is 0.128. The molecule has 2 aromatic rings. The van der Waals surface area contributed by atoms with Gasteiger partial charge in [-0.3, -0.25) is 9.78 Å². The number of hydrogen-bond donors (Lipinski definition) is 0. The summed E-state index contributed by atoms with van der Waals surface area (Å²) in [6.07, 6.45) is 11.2. The van der Waals surface area contributed by atoms with Gasteiger partial charge in [0.1, 0.15) is 5.75 Å². The third-order valence-electron chi connectivity index (χ3n) is 5.71. The van der Waals surface area contributed by atoms with Crippen LogP contribution in [0.4, 0.5) is 0 Å². The number of carbonyl (C=O) groups excluding carboxylic acids is 1. The van der Waals surface area contributed by atoms with Crippen molar-refractivity contribution in [2.75, 3.05) is 6.61 Å². The van der Waals surface area contributed by atoms with Crippen LogP contribution in [0, 0.1) is 11.8 Å². The second kappa shape index (κ2) is 11.2. The Hall–Kier alpha value is -2.13. The quantitative estimate of drug-likeness (QED) is 0.327. The summed E-state index contributed by atoms with van der Waals surface area (Å²) in [5, 5.41) is 0. The Morgan fingerprint density at radius 2 is 1.86 bits per heavy atom. The van der Waals surface area contributed by atoms with Crippen LogP contribution in [0.1, 0.15) is 62.2 Å². The molecule has 0 N–H and O–H groups in total. The van der Waals surface area contributed by atoms with Gasteiger partial charge in [0.2, 0.25) is 0 Å². The first-order valence-corrected chi connectivity index (χ1v) is 11.1. The van der Waals surface area contributed by atoms with E-state index in [0.717, 1.165) is 61.3 Å². The highest BCUT2D eigenvalue weighted by Crippen LogP contribution is 2.32. The minimum Gasteiger partial charge on any atom is -0.492 e. The molecule has 0 amide bonds. The number of ether oxygens (including phenoxy) is 1. The zero-order chi connectivity index (χ0) is 20.5. The van der Waals surface area contributed by atoms with Gasteiger partial charge < -0.3 is 4.74 Å². The van der Waals surface area contributed by atoms with E-state index in [0.29, 0.717) is 5.92 Å². The second-order valence-corrected chi connectivity index (χ2v) is 8.06. The lowest BCUT2D eigenvalue weighted by molar-refractivity contribution is 0.0880. The number of hydrogen-bond acceptors (Lipinski definition) is 3. The maximum absolute atomic E-state index is 12.8. The Morgan fingerprint density at radius 3 is 2.48 bits per heavy atom. The molecule has 0 aliphatic heterocycles. The topological polar surface area (TPSA) is 39.2 Å². The van der Waals surface area contributed by atoms with E-state index < -0.39 is 0 Å². The van der Waals surface area contributed by atoms with Gasteiger partial charge in [-0.15, -0.1) is 0 Å². The number of benzene rings is 1. The van der Waals surface area contributed by atoms with Crippen molar-refractivity contribution < 1.29 is 9.53 Å². The van der Waals surface area contributed by atoms with Crippen LogP contribution in [-0.4, -0.2) is 17.4 Å². The zero-order valence-corrected chi connectivity index (χ0v) is 17.9. The maximum atomic E-state index is 12.8. The van der Waals surface area contributed by atoms with Crippen molar-refractivity contribution >= 4 is 17.4 Å². The molecule has 1 saturated carbocycles. The molecule has 3 rings (SSSR count). The average Bonchev–Trinajstić information content (AvgIpc) is 2.78. The van der Waals surface area contributed by atoms with Gasteiger partial charge in [-0.1, -0.05) is 61.7 Å². The fourth-order valence-electron chi connectivity index (χ4n) is 3.90. The number of carbonyl (C=O) groups is 1.